The summed E-state index contributed by atoms with van der Waals surface area (Å²) in [6.45, 7) is 6.91. The van der Waals surface area contributed by atoms with Gasteiger partial charge < -0.3 is 16.4 Å². The van der Waals surface area contributed by atoms with E-state index >= 15 is 0 Å². The van der Waals surface area contributed by atoms with Gasteiger partial charge in [0.15, 0.2) is 5.03 Å². The lowest BCUT2D eigenvalue weighted by atomic mass is 10.1. The van der Waals surface area contributed by atoms with Crippen molar-refractivity contribution in [3.8, 4) is 0 Å². The van der Waals surface area contributed by atoms with E-state index in [9.17, 15) is 19.7 Å². The molecule has 0 aliphatic rings. The third-order valence-corrected chi connectivity index (χ3v) is 4.80. The summed E-state index contributed by atoms with van der Waals surface area (Å²) in [6, 6.07) is 7.51. The number of nitro groups is 1. The maximum absolute atomic E-state index is 12.6. The first kappa shape index (κ1) is 26.9. The molecule has 0 saturated heterocycles. The second kappa shape index (κ2) is 14.8. The van der Waals surface area contributed by atoms with Gasteiger partial charge in [-0.3, -0.25) is 9.59 Å². The fourth-order valence-corrected chi connectivity index (χ4v) is 2.97. The van der Waals surface area contributed by atoms with Crippen molar-refractivity contribution in [1.29, 1.82) is 0 Å². The fourth-order valence-electron chi connectivity index (χ4n) is 2.97. The number of hydrogen-bond acceptors (Lipinski definition) is 5. The van der Waals surface area contributed by atoms with E-state index in [4.69, 9.17) is 5.73 Å². The molecule has 1 aromatic rings. The van der Waals surface area contributed by atoms with Crippen molar-refractivity contribution in [1.82, 2.24) is 16.1 Å². The molecule has 1 atom stereocenters. The summed E-state index contributed by atoms with van der Waals surface area (Å²) in [5, 5.41) is 15.2. The molecule has 0 fully saturated rings. The lowest BCUT2D eigenvalue weighted by Gasteiger charge is -2.19. The lowest BCUT2D eigenvalue weighted by Crippen LogP contribution is -2.47. The summed E-state index contributed by atoms with van der Waals surface area (Å²) in [4.78, 5) is 39.2. The van der Waals surface area contributed by atoms with Gasteiger partial charge in [0.05, 0.1) is 0 Å². The van der Waals surface area contributed by atoms with Gasteiger partial charge >= 0.3 is 0 Å². The highest BCUT2D eigenvalue weighted by Gasteiger charge is 2.20. The standard InChI is InChI=1S/C22H36N6O4/c1-16(2)13-15-24-21(30)19(7-5-14-25-22(23)27-28(31)32)26-20(29)8-4-6-18-11-9-17(3)10-12-18/h9-12,16,19H,4-8,13-15H2,1-3H3,(H,24,30)(H,26,29)(H3,23,25,27)/t19-/m0/s1. The zero-order valence-electron chi connectivity index (χ0n) is 19.2. The summed E-state index contributed by atoms with van der Waals surface area (Å²) in [5.74, 6) is -0.262. The van der Waals surface area contributed by atoms with Gasteiger partial charge in [-0.15, -0.1) is 0 Å². The molecule has 0 radical (unpaired) electrons. The molecule has 178 valence electrons. The maximum Gasteiger partial charge on any atom is 0.251 e. The zero-order valence-corrected chi connectivity index (χ0v) is 19.2. The Balaban J connectivity index is 2.54. The van der Waals surface area contributed by atoms with Gasteiger partial charge in [-0.1, -0.05) is 49.1 Å². The number of nitrogens with two attached hydrogens (primary N) is 1. The molecule has 10 nitrogen and oxygen atoms in total. The van der Waals surface area contributed by atoms with Crippen LogP contribution in [0.5, 0.6) is 0 Å². The van der Waals surface area contributed by atoms with E-state index < -0.39 is 11.1 Å². The average molecular weight is 449 g/mol. The van der Waals surface area contributed by atoms with Crippen molar-refractivity contribution < 1.29 is 14.6 Å². The first-order valence-corrected chi connectivity index (χ1v) is 11.0. The molecule has 0 unspecified atom stereocenters. The second-order valence-corrected chi connectivity index (χ2v) is 8.21. The molecule has 32 heavy (non-hydrogen) atoms. The van der Waals surface area contributed by atoms with Crippen LogP contribution in [0.1, 0.15) is 57.1 Å². The number of aryl methyl sites for hydroxylation is 2. The molecular weight excluding hydrogens is 412 g/mol. The highest BCUT2D eigenvalue weighted by molar-refractivity contribution is 5.87. The second-order valence-electron chi connectivity index (χ2n) is 8.21. The Kier molecular flexibility index (Phi) is 12.4. The van der Waals surface area contributed by atoms with Crippen LogP contribution in [0.2, 0.25) is 0 Å². The van der Waals surface area contributed by atoms with Crippen molar-refractivity contribution >= 4 is 17.8 Å². The largest absolute Gasteiger partial charge is 0.365 e. The summed E-state index contributed by atoms with van der Waals surface area (Å²) in [5.41, 5.74) is 9.51. The molecule has 0 spiro atoms. The van der Waals surface area contributed by atoms with Crippen molar-refractivity contribution in [3.05, 3.63) is 45.5 Å². The Morgan fingerprint density at radius 3 is 2.47 bits per heavy atom. The van der Waals surface area contributed by atoms with Crippen molar-refractivity contribution in [2.45, 2.75) is 65.3 Å². The quantitative estimate of drug-likeness (QED) is 0.112. The van der Waals surface area contributed by atoms with Crippen LogP contribution in [0.15, 0.2) is 29.3 Å². The van der Waals surface area contributed by atoms with Gasteiger partial charge in [-0.2, -0.15) is 0 Å². The van der Waals surface area contributed by atoms with E-state index in [2.05, 4.69) is 41.6 Å². The van der Waals surface area contributed by atoms with E-state index in [0.717, 1.165) is 12.8 Å². The van der Waals surface area contributed by atoms with Gasteiger partial charge in [0, 0.05) is 19.5 Å². The summed E-state index contributed by atoms with van der Waals surface area (Å²) < 4.78 is 0. The van der Waals surface area contributed by atoms with Gasteiger partial charge in [-0.05, 0) is 50.5 Å². The average Bonchev–Trinajstić information content (AvgIpc) is 2.70. The summed E-state index contributed by atoms with van der Waals surface area (Å²) >= 11 is 0. The van der Waals surface area contributed by atoms with Crippen LogP contribution in [0.4, 0.5) is 0 Å². The first-order chi connectivity index (χ1) is 15.2. The molecule has 0 aliphatic carbocycles. The molecule has 10 heteroatoms. The SMILES string of the molecule is Cc1ccc(CCCC(=O)N[C@@H](CCCN=C(N)N[N+](=O)[O-])C(=O)NCCC(C)C)cc1. The number of carbonyl (C=O) groups is 2. The molecule has 2 amide bonds. The van der Waals surface area contributed by atoms with E-state index in [1.54, 1.807) is 5.43 Å². The van der Waals surface area contributed by atoms with Crippen LogP contribution < -0.4 is 21.8 Å². The van der Waals surface area contributed by atoms with Crippen LogP contribution in [0, 0.1) is 23.0 Å². The lowest BCUT2D eigenvalue weighted by molar-refractivity contribution is -0.525. The number of hydrazine groups is 1. The minimum Gasteiger partial charge on any atom is -0.365 e. The molecule has 0 heterocycles. The number of amides is 2. The number of guanidine groups is 1. The highest BCUT2D eigenvalue weighted by atomic mass is 16.7. The summed E-state index contributed by atoms with van der Waals surface area (Å²) in [6.07, 6.45) is 3.43. The monoisotopic (exact) mass is 448 g/mol. The maximum atomic E-state index is 12.6. The molecule has 1 rings (SSSR count). The van der Waals surface area contributed by atoms with Crippen LogP contribution in [0.3, 0.4) is 0 Å². The van der Waals surface area contributed by atoms with E-state index in [1.165, 1.54) is 11.1 Å². The Hall–Kier alpha value is -3.17. The number of carbonyl (C=O) groups excluding carboxylic acids is 2. The molecular formula is C22H36N6O4. The van der Waals surface area contributed by atoms with E-state index in [1.807, 2.05) is 19.1 Å². The molecule has 5 N–H and O–H groups in total. The van der Waals surface area contributed by atoms with Gasteiger partial charge in [0.25, 0.3) is 5.96 Å². The summed E-state index contributed by atoms with van der Waals surface area (Å²) in [7, 11) is 0. The molecule has 0 aromatic heterocycles. The van der Waals surface area contributed by atoms with Gasteiger partial charge in [-0.25, -0.2) is 15.1 Å². The van der Waals surface area contributed by atoms with Crippen molar-refractivity contribution in [2.75, 3.05) is 13.1 Å². The van der Waals surface area contributed by atoms with Crippen molar-refractivity contribution in [3.63, 3.8) is 0 Å². The Labute approximate surface area is 189 Å². The minimum absolute atomic E-state index is 0.181. The molecule has 0 aliphatic heterocycles. The van der Waals surface area contributed by atoms with Crippen LogP contribution >= 0.6 is 0 Å². The topological polar surface area (TPSA) is 152 Å². The van der Waals surface area contributed by atoms with Gasteiger partial charge in [0.1, 0.15) is 6.04 Å². The Bertz CT molecular complexity index is 764. The number of aliphatic imine (C=N–C) groups is 1. The van der Waals surface area contributed by atoms with Crippen molar-refractivity contribution in [2.24, 2.45) is 16.6 Å². The Morgan fingerprint density at radius 1 is 1.16 bits per heavy atom. The number of rotatable bonds is 14. The normalized spacial score (nSPS) is 12.3. The Morgan fingerprint density at radius 2 is 1.84 bits per heavy atom. The predicted molar refractivity (Wildman–Crippen MR) is 124 cm³/mol. The van der Waals surface area contributed by atoms with Crippen LogP contribution in [-0.2, 0) is 16.0 Å². The van der Waals surface area contributed by atoms with E-state index in [0.29, 0.717) is 38.1 Å². The highest BCUT2D eigenvalue weighted by Crippen LogP contribution is 2.08. The third kappa shape index (κ3) is 12.5. The first-order valence-electron chi connectivity index (χ1n) is 11.0. The van der Waals surface area contributed by atoms with Crippen LogP contribution in [-0.4, -0.2) is 41.9 Å². The fraction of sp³-hybridized carbons (Fsp3) is 0.591. The van der Waals surface area contributed by atoms with Crippen LogP contribution in [0.25, 0.3) is 0 Å². The van der Waals surface area contributed by atoms with E-state index in [-0.39, 0.29) is 24.3 Å². The molecule has 0 bridgehead atoms. The number of benzene rings is 1. The number of nitrogens with one attached hydrogen (secondary N) is 3. The molecule has 0 saturated carbocycles. The minimum atomic E-state index is -0.791. The zero-order chi connectivity index (χ0) is 23.9. The van der Waals surface area contributed by atoms with Gasteiger partial charge in [0.2, 0.25) is 11.8 Å². The predicted octanol–water partition coefficient (Wildman–Crippen LogP) is 1.84. The molecule has 1 aromatic carbocycles. The third-order valence-electron chi connectivity index (χ3n) is 4.80. The number of hydrogen-bond donors (Lipinski definition) is 4. The smallest absolute Gasteiger partial charge is 0.251 e. The number of nitrogens with zero attached hydrogens (tertiary/aromatic N) is 2.